The molecule has 5 rings (SSSR count). The summed E-state index contributed by atoms with van der Waals surface area (Å²) in [4.78, 5) is 15.2. The van der Waals surface area contributed by atoms with Crippen molar-refractivity contribution in [3.63, 3.8) is 0 Å². The number of fused-ring (bicyclic) bond motifs is 1. The predicted molar refractivity (Wildman–Crippen MR) is 118 cm³/mol. The lowest BCUT2D eigenvalue weighted by atomic mass is 9.96. The van der Waals surface area contributed by atoms with Gasteiger partial charge in [-0.1, -0.05) is 57.9 Å². The predicted octanol–water partition coefficient (Wildman–Crippen LogP) is 6.04. The number of amides is 1. The van der Waals surface area contributed by atoms with Crippen molar-refractivity contribution in [2.75, 3.05) is 4.90 Å². The minimum absolute atomic E-state index is 0.154. The Labute approximate surface area is 181 Å². The monoisotopic (exact) mass is 461 g/mol. The maximum atomic E-state index is 13.6. The number of hydrogen-bond donors (Lipinski definition) is 1. The van der Waals surface area contributed by atoms with Gasteiger partial charge in [0.1, 0.15) is 11.5 Å². The van der Waals surface area contributed by atoms with Crippen LogP contribution in [0.5, 0.6) is 0 Å². The Hall–Kier alpha value is -3.25. The second-order valence-corrected chi connectivity index (χ2v) is 8.25. The molecule has 0 fully saturated rings. The van der Waals surface area contributed by atoms with Crippen molar-refractivity contribution in [1.29, 1.82) is 0 Å². The molecule has 4 nitrogen and oxygen atoms in total. The van der Waals surface area contributed by atoms with E-state index < -0.39 is 6.04 Å². The van der Waals surface area contributed by atoms with E-state index in [1.54, 1.807) is 17.0 Å². The highest BCUT2D eigenvalue weighted by Gasteiger charge is 2.43. The average Bonchev–Trinajstić information content (AvgIpc) is 3.29. The van der Waals surface area contributed by atoms with Gasteiger partial charge in [0.25, 0.3) is 5.91 Å². The summed E-state index contributed by atoms with van der Waals surface area (Å²) >= 11 is 3.46. The molecule has 0 spiro atoms. The molecule has 0 saturated carbocycles. The number of benzene rings is 3. The smallest absolute Gasteiger partial charge is 0.277 e. The van der Waals surface area contributed by atoms with Crippen molar-refractivity contribution in [2.24, 2.45) is 0 Å². The van der Waals surface area contributed by atoms with Crippen LogP contribution in [-0.2, 0) is 0 Å². The molecule has 1 aliphatic rings. The maximum absolute atomic E-state index is 13.6. The number of H-pyrrole nitrogens is 1. The number of carbonyl (C=O) groups excluding carboxylic acids is 1. The zero-order chi connectivity index (χ0) is 20.8. The summed E-state index contributed by atoms with van der Waals surface area (Å²) in [5.41, 5.74) is 5.60. The number of anilines is 1. The van der Waals surface area contributed by atoms with E-state index in [4.69, 9.17) is 0 Å². The van der Waals surface area contributed by atoms with E-state index in [0.717, 1.165) is 38.1 Å². The van der Waals surface area contributed by atoms with E-state index in [1.807, 2.05) is 55.5 Å². The molecule has 0 saturated heterocycles. The first-order chi connectivity index (χ1) is 14.5. The van der Waals surface area contributed by atoms with Crippen LogP contribution >= 0.6 is 15.9 Å². The number of aromatic nitrogens is 2. The van der Waals surface area contributed by atoms with Crippen LogP contribution in [0.3, 0.4) is 0 Å². The van der Waals surface area contributed by atoms with Gasteiger partial charge in [0, 0.05) is 21.3 Å². The zero-order valence-electron chi connectivity index (χ0n) is 16.1. The highest BCUT2D eigenvalue weighted by atomic mass is 79.9. The Morgan fingerprint density at radius 2 is 1.63 bits per heavy atom. The van der Waals surface area contributed by atoms with Crippen LogP contribution in [0, 0.1) is 12.7 Å². The Bertz CT molecular complexity index is 1230. The van der Waals surface area contributed by atoms with Crippen molar-refractivity contribution in [2.45, 2.75) is 13.0 Å². The van der Waals surface area contributed by atoms with Crippen molar-refractivity contribution < 1.29 is 9.18 Å². The summed E-state index contributed by atoms with van der Waals surface area (Å²) in [6, 6.07) is 21.5. The van der Waals surface area contributed by atoms with Crippen LogP contribution in [0.25, 0.3) is 11.3 Å². The van der Waals surface area contributed by atoms with Crippen molar-refractivity contribution >= 4 is 27.5 Å². The standard InChI is InChI=1S/C24H17BrFN3O/c1-14-2-12-19(13-3-14)29-23(16-6-10-18(26)11-7-16)20-21(27-28-22(20)24(29)30)15-4-8-17(25)9-5-15/h2-13,23H,1H3,(H,27,28)/t23-/m1/s1. The number of carbonyl (C=O) groups is 1. The second kappa shape index (κ2) is 7.22. The molecular weight excluding hydrogens is 445 g/mol. The van der Waals surface area contributed by atoms with Crippen LogP contribution in [0.1, 0.15) is 33.2 Å². The van der Waals surface area contributed by atoms with Crippen LogP contribution in [0.15, 0.2) is 77.3 Å². The molecule has 3 aromatic carbocycles. The molecule has 2 heterocycles. The molecule has 1 atom stereocenters. The molecule has 148 valence electrons. The Kier molecular flexibility index (Phi) is 4.51. The number of nitrogens with zero attached hydrogens (tertiary/aromatic N) is 2. The van der Waals surface area contributed by atoms with Gasteiger partial charge in [0.15, 0.2) is 0 Å². The molecule has 1 amide bonds. The van der Waals surface area contributed by atoms with Crippen molar-refractivity contribution in [1.82, 2.24) is 10.2 Å². The van der Waals surface area contributed by atoms with E-state index in [-0.39, 0.29) is 11.7 Å². The average molecular weight is 462 g/mol. The van der Waals surface area contributed by atoms with Crippen LogP contribution in [0.2, 0.25) is 0 Å². The molecule has 0 radical (unpaired) electrons. The molecule has 0 bridgehead atoms. The number of hydrogen-bond acceptors (Lipinski definition) is 2. The molecule has 1 aliphatic heterocycles. The first-order valence-corrected chi connectivity index (χ1v) is 10.3. The van der Waals surface area contributed by atoms with E-state index in [2.05, 4.69) is 26.1 Å². The highest BCUT2D eigenvalue weighted by Crippen LogP contribution is 2.45. The minimum Gasteiger partial charge on any atom is -0.295 e. The van der Waals surface area contributed by atoms with Crippen molar-refractivity contribution in [3.05, 3.63) is 105 Å². The largest absolute Gasteiger partial charge is 0.295 e. The van der Waals surface area contributed by atoms with E-state index in [1.165, 1.54) is 12.1 Å². The fourth-order valence-corrected chi connectivity index (χ4v) is 4.17. The lowest BCUT2D eigenvalue weighted by molar-refractivity contribution is 0.0989. The minimum atomic E-state index is -0.409. The van der Waals surface area contributed by atoms with Gasteiger partial charge in [-0.3, -0.25) is 14.8 Å². The molecule has 30 heavy (non-hydrogen) atoms. The normalized spacial score (nSPS) is 15.5. The third kappa shape index (κ3) is 3.04. The Balaban J connectivity index is 1.71. The zero-order valence-corrected chi connectivity index (χ0v) is 17.7. The summed E-state index contributed by atoms with van der Waals surface area (Å²) < 4.78 is 14.6. The molecule has 6 heteroatoms. The molecule has 0 aliphatic carbocycles. The van der Waals surface area contributed by atoms with Gasteiger partial charge >= 0.3 is 0 Å². The highest BCUT2D eigenvalue weighted by molar-refractivity contribution is 9.10. The number of nitrogens with one attached hydrogen (secondary N) is 1. The maximum Gasteiger partial charge on any atom is 0.277 e. The van der Waals surface area contributed by atoms with Gasteiger partial charge in [-0.05, 0) is 48.9 Å². The van der Waals surface area contributed by atoms with Crippen LogP contribution in [0.4, 0.5) is 10.1 Å². The van der Waals surface area contributed by atoms with Gasteiger partial charge in [0.05, 0.1) is 11.7 Å². The molecular formula is C24H17BrFN3O. The van der Waals surface area contributed by atoms with Gasteiger partial charge in [-0.15, -0.1) is 0 Å². The second-order valence-electron chi connectivity index (χ2n) is 7.33. The summed E-state index contributed by atoms with van der Waals surface area (Å²) in [6.07, 6.45) is 0. The Morgan fingerprint density at radius 1 is 0.967 bits per heavy atom. The van der Waals surface area contributed by atoms with Gasteiger partial charge < -0.3 is 0 Å². The lowest BCUT2D eigenvalue weighted by Crippen LogP contribution is -2.29. The van der Waals surface area contributed by atoms with Crippen LogP contribution < -0.4 is 4.90 Å². The first-order valence-electron chi connectivity index (χ1n) is 9.53. The van der Waals surface area contributed by atoms with E-state index in [9.17, 15) is 9.18 Å². The molecule has 1 N–H and O–H groups in total. The topological polar surface area (TPSA) is 49.0 Å². The van der Waals surface area contributed by atoms with Crippen LogP contribution in [-0.4, -0.2) is 16.1 Å². The number of aryl methyl sites for hydroxylation is 1. The fourth-order valence-electron chi connectivity index (χ4n) is 3.91. The number of aromatic amines is 1. The number of halogens is 2. The third-order valence-corrected chi connectivity index (χ3v) is 5.91. The summed E-state index contributed by atoms with van der Waals surface area (Å²) in [6.45, 7) is 2.01. The summed E-state index contributed by atoms with van der Waals surface area (Å²) in [7, 11) is 0. The first kappa shape index (κ1) is 18.8. The van der Waals surface area contributed by atoms with Gasteiger partial charge in [0.2, 0.25) is 0 Å². The summed E-state index contributed by atoms with van der Waals surface area (Å²) in [5.74, 6) is -0.468. The molecule has 1 aromatic heterocycles. The molecule has 4 aromatic rings. The third-order valence-electron chi connectivity index (χ3n) is 5.38. The quantitative estimate of drug-likeness (QED) is 0.404. The fraction of sp³-hybridized carbons (Fsp3) is 0.0833. The SMILES string of the molecule is Cc1ccc(N2C(=O)c3[nH]nc(-c4ccc(Br)cc4)c3[C@H]2c2ccc(F)cc2)cc1. The van der Waals surface area contributed by atoms with Gasteiger partial charge in [-0.25, -0.2) is 4.39 Å². The van der Waals surface area contributed by atoms with Crippen molar-refractivity contribution in [3.8, 4) is 11.3 Å². The molecule has 0 unspecified atom stereocenters. The number of rotatable bonds is 3. The van der Waals surface area contributed by atoms with Gasteiger partial charge in [-0.2, -0.15) is 5.10 Å². The van der Waals surface area contributed by atoms with E-state index in [0.29, 0.717) is 5.69 Å². The lowest BCUT2D eigenvalue weighted by Gasteiger charge is -2.26. The summed E-state index contributed by atoms with van der Waals surface area (Å²) in [5, 5.41) is 7.41. The van der Waals surface area contributed by atoms with E-state index >= 15 is 0 Å². The Morgan fingerprint density at radius 3 is 2.30 bits per heavy atom.